The molecule has 7 heteroatoms. The normalized spacial score (nSPS) is 11.9. The van der Waals surface area contributed by atoms with Crippen LogP contribution in [0, 0.1) is 0 Å². The molecule has 4 N–H and O–H groups in total. The van der Waals surface area contributed by atoms with Gasteiger partial charge in [-0.25, -0.2) is 9.59 Å². The molecule has 2 amide bonds. The summed E-state index contributed by atoms with van der Waals surface area (Å²) in [6, 6.07) is 7.35. The van der Waals surface area contributed by atoms with Crippen molar-refractivity contribution in [3.05, 3.63) is 42.1 Å². The zero-order valence-electron chi connectivity index (χ0n) is 11.1. The van der Waals surface area contributed by atoms with Crippen molar-refractivity contribution in [3.63, 3.8) is 0 Å². The third kappa shape index (κ3) is 3.67. The molecule has 2 rings (SSSR count). The SMILES string of the molecule is O=C(NCc1cccc2cccnc12)N[C@@H](CO)C(=O)O. The van der Waals surface area contributed by atoms with Crippen molar-refractivity contribution in [1.82, 2.24) is 15.6 Å². The van der Waals surface area contributed by atoms with Gasteiger partial charge in [0.2, 0.25) is 0 Å². The third-order valence-corrected chi connectivity index (χ3v) is 2.94. The lowest BCUT2D eigenvalue weighted by Crippen LogP contribution is -2.47. The number of urea groups is 1. The minimum atomic E-state index is -1.32. The van der Waals surface area contributed by atoms with Crippen LogP contribution in [0.1, 0.15) is 5.56 Å². The zero-order chi connectivity index (χ0) is 15.2. The fourth-order valence-electron chi connectivity index (χ4n) is 1.88. The molecular formula is C14H15N3O4. The van der Waals surface area contributed by atoms with Gasteiger partial charge >= 0.3 is 12.0 Å². The summed E-state index contributed by atoms with van der Waals surface area (Å²) in [5, 5.41) is 23.2. The van der Waals surface area contributed by atoms with Crippen LogP contribution in [0.2, 0.25) is 0 Å². The van der Waals surface area contributed by atoms with Crippen LogP contribution < -0.4 is 10.6 Å². The summed E-state index contributed by atoms with van der Waals surface area (Å²) in [6.45, 7) is -0.462. The van der Waals surface area contributed by atoms with Gasteiger partial charge in [-0.1, -0.05) is 24.3 Å². The molecule has 0 spiro atoms. The number of para-hydroxylation sites is 1. The average molecular weight is 289 g/mol. The number of aliphatic carboxylic acids is 1. The van der Waals surface area contributed by atoms with Crippen LogP contribution in [0.3, 0.4) is 0 Å². The van der Waals surface area contributed by atoms with Crippen molar-refractivity contribution in [2.24, 2.45) is 0 Å². The Hall–Kier alpha value is -2.67. The number of fused-ring (bicyclic) bond motifs is 1. The van der Waals surface area contributed by atoms with Gasteiger partial charge in [-0.15, -0.1) is 0 Å². The van der Waals surface area contributed by atoms with Gasteiger partial charge in [0.15, 0.2) is 6.04 Å². The molecule has 1 aromatic heterocycles. The second-order valence-corrected chi connectivity index (χ2v) is 4.39. The highest BCUT2D eigenvalue weighted by Gasteiger charge is 2.18. The first kappa shape index (κ1) is 14.7. The van der Waals surface area contributed by atoms with Crippen molar-refractivity contribution in [2.45, 2.75) is 12.6 Å². The summed E-state index contributed by atoms with van der Waals surface area (Å²) in [7, 11) is 0. The van der Waals surface area contributed by atoms with Gasteiger partial charge in [0.25, 0.3) is 0 Å². The van der Waals surface area contributed by atoms with Crippen LogP contribution in [0.25, 0.3) is 10.9 Å². The lowest BCUT2D eigenvalue weighted by Gasteiger charge is -2.13. The van der Waals surface area contributed by atoms with Crippen LogP contribution in [0.15, 0.2) is 36.5 Å². The van der Waals surface area contributed by atoms with Crippen LogP contribution >= 0.6 is 0 Å². The van der Waals surface area contributed by atoms with Gasteiger partial charge in [-0.2, -0.15) is 0 Å². The molecule has 0 aliphatic carbocycles. The molecule has 21 heavy (non-hydrogen) atoms. The summed E-state index contributed by atoms with van der Waals surface area (Å²) in [6.07, 6.45) is 1.66. The number of rotatable bonds is 5. The summed E-state index contributed by atoms with van der Waals surface area (Å²) in [5.74, 6) is -1.29. The molecule has 1 heterocycles. The van der Waals surface area contributed by atoms with E-state index < -0.39 is 24.6 Å². The third-order valence-electron chi connectivity index (χ3n) is 2.94. The number of carbonyl (C=O) groups is 2. The average Bonchev–Trinajstić information content (AvgIpc) is 2.50. The molecule has 0 bridgehead atoms. The fourth-order valence-corrected chi connectivity index (χ4v) is 1.88. The second kappa shape index (κ2) is 6.67. The first-order valence-electron chi connectivity index (χ1n) is 6.32. The quantitative estimate of drug-likeness (QED) is 0.639. The van der Waals surface area contributed by atoms with E-state index >= 15 is 0 Å². The largest absolute Gasteiger partial charge is 0.480 e. The van der Waals surface area contributed by atoms with Crippen molar-refractivity contribution in [2.75, 3.05) is 6.61 Å². The number of hydrogen-bond donors (Lipinski definition) is 4. The van der Waals surface area contributed by atoms with Gasteiger partial charge in [0.05, 0.1) is 12.1 Å². The first-order chi connectivity index (χ1) is 10.1. The first-order valence-corrected chi connectivity index (χ1v) is 6.32. The molecule has 7 nitrogen and oxygen atoms in total. The second-order valence-electron chi connectivity index (χ2n) is 4.39. The maximum Gasteiger partial charge on any atom is 0.328 e. The monoisotopic (exact) mass is 289 g/mol. The Morgan fingerprint density at radius 1 is 1.24 bits per heavy atom. The van der Waals surface area contributed by atoms with Gasteiger partial charge in [0, 0.05) is 18.1 Å². The van der Waals surface area contributed by atoms with Gasteiger partial charge in [-0.3, -0.25) is 4.98 Å². The van der Waals surface area contributed by atoms with E-state index in [-0.39, 0.29) is 6.54 Å². The number of amides is 2. The Kier molecular flexibility index (Phi) is 4.68. The molecule has 2 aromatic rings. The van der Waals surface area contributed by atoms with E-state index in [0.717, 1.165) is 16.5 Å². The number of hydrogen-bond acceptors (Lipinski definition) is 4. The minimum absolute atomic E-state index is 0.206. The molecule has 0 aliphatic heterocycles. The number of pyridine rings is 1. The topological polar surface area (TPSA) is 112 Å². The van der Waals surface area contributed by atoms with Crippen molar-refractivity contribution in [1.29, 1.82) is 0 Å². The predicted octanol–water partition coefficient (Wildman–Crippen LogP) is 0.480. The number of benzene rings is 1. The lowest BCUT2D eigenvalue weighted by atomic mass is 10.1. The van der Waals surface area contributed by atoms with Crippen LogP contribution in [-0.4, -0.2) is 39.8 Å². The molecule has 0 unspecified atom stereocenters. The van der Waals surface area contributed by atoms with E-state index in [4.69, 9.17) is 10.2 Å². The van der Waals surface area contributed by atoms with E-state index in [1.165, 1.54) is 0 Å². The highest BCUT2D eigenvalue weighted by molar-refractivity contribution is 5.84. The number of nitrogens with one attached hydrogen (secondary N) is 2. The van der Waals surface area contributed by atoms with Crippen LogP contribution in [0.5, 0.6) is 0 Å². The molecule has 1 atom stereocenters. The standard InChI is InChI=1S/C14H15N3O4/c18-8-11(13(19)20)17-14(21)16-7-10-4-1-3-9-5-2-6-15-12(9)10/h1-6,11,18H,7-8H2,(H,19,20)(H2,16,17,21)/t11-/m0/s1. The summed E-state index contributed by atoms with van der Waals surface area (Å²) in [4.78, 5) is 26.6. The summed E-state index contributed by atoms with van der Waals surface area (Å²) >= 11 is 0. The highest BCUT2D eigenvalue weighted by Crippen LogP contribution is 2.15. The Morgan fingerprint density at radius 2 is 2.00 bits per heavy atom. The number of carboxylic acids is 1. The van der Waals surface area contributed by atoms with E-state index in [2.05, 4.69) is 15.6 Å². The molecule has 0 saturated carbocycles. The number of carboxylic acid groups (broad SMARTS) is 1. The molecular weight excluding hydrogens is 274 g/mol. The van der Waals surface area contributed by atoms with E-state index in [9.17, 15) is 9.59 Å². The highest BCUT2D eigenvalue weighted by atomic mass is 16.4. The van der Waals surface area contributed by atoms with Gasteiger partial charge in [0.1, 0.15) is 0 Å². The maximum absolute atomic E-state index is 11.6. The van der Waals surface area contributed by atoms with Crippen LogP contribution in [0.4, 0.5) is 4.79 Å². The summed E-state index contributed by atoms with van der Waals surface area (Å²) < 4.78 is 0. The Labute approximate surface area is 120 Å². The maximum atomic E-state index is 11.6. The van der Waals surface area contributed by atoms with Crippen LogP contribution in [-0.2, 0) is 11.3 Å². The Balaban J connectivity index is 2.02. The Morgan fingerprint density at radius 3 is 2.71 bits per heavy atom. The lowest BCUT2D eigenvalue weighted by molar-refractivity contribution is -0.140. The smallest absolute Gasteiger partial charge is 0.328 e. The molecule has 0 radical (unpaired) electrons. The van der Waals surface area contributed by atoms with Gasteiger partial charge < -0.3 is 20.8 Å². The number of aliphatic hydroxyl groups excluding tert-OH is 1. The number of aliphatic hydroxyl groups is 1. The van der Waals surface area contributed by atoms with Crippen molar-refractivity contribution < 1.29 is 19.8 Å². The van der Waals surface area contributed by atoms with E-state index in [1.54, 1.807) is 6.20 Å². The van der Waals surface area contributed by atoms with Gasteiger partial charge in [-0.05, 0) is 11.6 Å². The number of nitrogens with zero attached hydrogens (tertiary/aromatic N) is 1. The number of carbonyl (C=O) groups excluding carboxylic acids is 1. The molecule has 0 fully saturated rings. The molecule has 0 aliphatic rings. The van der Waals surface area contributed by atoms with E-state index in [1.807, 2.05) is 30.3 Å². The molecule has 1 aromatic carbocycles. The fraction of sp³-hybridized carbons (Fsp3) is 0.214. The van der Waals surface area contributed by atoms with E-state index in [0.29, 0.717) is 0 Å². The van der Waals surface area contributed by atoms with Crippen molar-refractivity contribution in [3.8, 4) is 0 Å². The molecule has 0 saturated heterocycles. The van der Waals surface area contributed by atoms with Crippen molar-refractivity contribution >= 4 is 22.9 Å². The predicted molar refractivity (Wildman–Crippen MR) is 75.6 cm³/mol. The summed E-state index contributed by atoms with van der Waals surface area (Å²) in [5.41, 5.74) is 1.59. The molecule has 110 valence electrons. The Bertz CT molecular complexity index is 654. The zero-order valence-corrected chi connectivity index (χ0v) is 11.1. The number of aromatic nitrogens is 1. The minimum Gasteiger partial charge on any atom is -0.480 e.